The van der Waals surface area contributed by atoms with E-state index >= 15 is 0 Å². The maximum absolute atomic E-state index is 12.6. The highest BCUT2D eigenvalue weighted by molar-refractivity contribution is 5.78. The molecule has 0 unspecified atom stereocenters. The number of piperidine rings is 1. The summed E-state index contributed by atoms with van der Waals surface area (Å²) in [5, 5.41) is 0. The van der Waals surface area contributed by atoms with Crippen molar-refractivity contribution in [1.82, 2.24) is 24.8 Å². The Balaban J connectivity index is 1.69. The highest BCUT2D eigenvalue weighted by Gasteiger charge is 2.30. The minimum Gasteiger partial charge on any atom is -0.378 e. The van der Waals surface area contributed by atoms with E-state index in [0.29, 0.717) is 19.8 Å². The lowest BCUT2D eigenvalue weighted by Gasteiger charge is -2.35. The summed E-state index contributed by atoms with van der Waals surface area (Å²) >= 11 is 0. The first-order valence-corrected chi connectivity index (χ1v) is 10.4. The molecule has 0 aliphatic carbocycles. The van der Waals surface area contributed by atoms with Gasteiger partial charge in [0.1, 0.15) is 0 Å². The number of rotatable bonds is 4. The smallest absolute Gasteiger partial charge is 0.225 e. The lowest BCUT2D eigenvalue weighted by atomic mass is 9.90. The average Bonchev–Trinajstić information content (AvgIpc) is 2.79. The minimum absolute atomic E-state index is 0.00233. The predicted molar refractivity (Wildman–Crippen MR) is 109 cm³/mol. The van der Waals surface area contributed by atoms with Gasteiger partial charge in [-0.1, -0.05) is 13.8 Å². The fraction of sp³-hybridized carbons (Fsp3) is 0.571. The number of ether oxygens (including phenoxy) is 1. The molecule has 2 aliphatic heterocycles. The Morgan fingerprint density at radius 1 is 1.14 bits per heavy atom. The molecule has 0 radical (unpaired) electrons. The van der Waals surface area contributed by atoms with Crippen LogP contribution < -0.4 is 4.90 Å². The van der Waals surface area contributed by atoms with Gasteiger partial charge >= 0.3 is 0 Å². The van der Waals surface area contributed by atoms with Gasteiger partial charge in [-0.15, -0.1) is 0 Å². The first-order chi connectivity index (χ1) is 14.1. The second-order valence-corrected chi connectivity index (χ2v) is 7.94. The third-order valence-corrected chi connectivity index (χ3v) is 5.55. The number of likely N-dealkylation sites (tertiary alicyclic amines) is 1. The lowest BCUT2D eigenvalue weighted by molar-refractivity contribution is -0.135. The normalized spacial score (nSPS) is 20.2. The molecular weight excluding hydrogens is 368 g/mol. The number of carbonyl (C=O) groups excluding carboxylic acids is 1. The van der Waals surface area contributed by atoms with Crippen LogP contribution in [0.2, 0.25) is 0 Å². The molecule has 8 nitrogen and oxygen atoms in total. The topological polar surface area (TPSA) is 84.3 Å². The Labute approximate surface area is 171 Å². The summed E-state index contributed by atoms with van der Waals surface area (Å²) in [5.74, 6) is 1.09. The standard InChI is InChI=1S/C21H28N6O2/c1-15(2)20(28)27-7-3-4-16(14-27)19-17(18-13-22-5-6-23-18)12-24-21(25-19)26-8-10-29-11-9-26/h5-6,12-13,15-16H,3-4,7-11,14H2,1-2H3/t16-/m1/s1. The number of morpholine rings is 1. The van der Waals surface area contributed by atoms with Crippen LogP contribution in [-0.2, 0) is 9.53 Å². The summed E-state index contributed by atoms with van der Waals surface area (Å²) in [7, 11) is 0. The lowest BCUT2D eigenvalue weighted by Crippen LogP contribution is -2.41. The molecule has 0 saturated carbocycles. The molecule has 2 aromatic heterocycles. The number of hydrogen-bond donors (Lipinski definition) is 0. The molecule has 0 spiro atoms. The van der Waals surface area contributed by atoms with Crippen molar-refractivity contribution in [2.75, 3.05) is 44.3 Å². The molecule has 2 fully saturated rings. The van der Waals surface area contributed by atoms with E-state index < -0.39 is 0 Å². The Kier molecular flexibility index (Phi) is 5.99. The van der Waals surface area contributed by atoms with Gasteiger partial charge in [-0.3, -0.25) is 14.8 Å². The third kappa shape index (κ3) is 4.37. The van der Waals surface area contributed by atoms with Crippen molar-refractivity contribution in [2.45, 2.75) is 32.6 Å². The van der Waals surface area contributed by atoms with Crippen molar-refractivity contribution in [2.24, 2.45) is 5.92 Å². The van der Waals surface area contributed by atoms with Gasteiger partial charge in [0, 0.05) is 62.2 Å². The zero-order valence-corrected chi connectivity index (χ0v) is 17.1. The molecule has 4 rings (SSSR count). The second kappa shape index (κ2) is 8.82. The molecule has 2 saturated heterocycles. The van der Waals surface area contributed by atoms with E-state index in [0.717, 1.165) is 55.4 Å². The van der Waals surface area contributed by atoms with E-state index in [9.17, 15) is 4.79 Å². The van der Waals surface area contributed by atoms with Gasteiger partial charge in [-0.25, -0.2) is 9.97 Å². The Hall–Kier alpha value is -2.61. The van der Waals surface area contributed by atoms with Gasteiger partial charge in [0.05, 0.1) is 30.8 Å². The van der Waals surface area contributed by atoms with Crippen molar-refractivity contribution in [1.29, 1.82) is 0 Å². The summed E-state index contributed by atoms with van der Waals surface area (Å²) in [6, 6.07) is 0. The summed E-state index contributed by atoms with van der Waals surface area (Å²) in [6.07, 6.45) is 8.92. The Morgan fingerprint density at radius 3 is 2.69 bits per heavy atom. The molecule has 0 aromatic carbocycles. The summed E-state index contributed by atoms with van der Waals surface area (Å²) in [4.78, 5) is 35.0. The molecule has 8 heteroatoms. The van der Waals surface area contributed by atoms with Crippen LogP contribution in [0.1, 0.15) is 38.3 Å². The third-order valence-electron chi connectivity index (χ3n) is 5.55. The summed E-state index contributed by atoms with van der Waals surface area (Å²) < 4.78 is 5.46. The van der Waals surface area contributed by atoms with E-state index in [1.54, 1.807) is 18.6 Å². The van der Waals surface area contributed by atoms with E-state index in [1.807, 2.05) is 24.9 Å². The van der Waals surface area contributed by atoms with Crippen LogP contribution in [-0.4, -0.2) is 70.1 Å². The van der Waals surface area contributed by atoms with E-state index in [1.165, 1.54) is 0 Å². The predicted octanol–water partition coefficient (Wildman–Crippen LogP) is 2.13. The van der Waals surface area contributed by atoms with Crippen LogP contribution in [0.25, 0.3) is 11.3 Å². The average molecular weight is 396 g/mol. The minimum atomic E-state index is 0.00233. The Morgan fingerprint density at radius 2 is 1.97 bits per heavy atom. The molecule has 0 bridgehead atoms. The maximum atomic E-state index is 12.6. The van der Waals surface area contributed by atoms with Crippen LogP contribution in [0.5, 0.6) is 0 Å². The van der Waals surface area contributed by atoms with Gasteiger partial charge in [0.25, 0.3) is 0 Å². The van der Waals surface area contributed by atoms with Gasteiger partial charge in [-0.05, 0) is 12.8 Å². The van der Waals surface area contributed by atoms with Gasteiger partial charge in [0.15, 0.2) is 0 Å². The zero-order chi connectivity index (χ0) is 20.2. The number of nitrogens with zero attached hydrogens (tertiary/aromatic N) is 6. The molecule has 154 valence electrons. The first kappa shape index (κ1) is 19.7. The first-order valence-electron chi connectivity index (χ1n) is 10.4. The maximum Gasteiger partial charge on any atom is 0.225 e. The number of amides is 1. The fourth-order valence-corrected chi connectivity index (χ4v) is 4.01. The van der Waals surface area contributed by atoms with Crippen LogP contribution in [0, 0.1) is 5.92 Å². The van der Waals surface area contributed by atoms with Crippen LogP contribution in [0.3, 0.4) is 0 Å². The van der Waals surface area contributed by atoms with Gasteiger partial charge < -0.3 is 14.5 Å². The van der Waals surface area contributed by atoms with E-state index in [2.05, 4.69) is 19.9 Å². The summed E-state index contributed by atoms with van der Waals surface area (Å²) in [5.41, 5.74) is 2.63. The number of aromatic nitrogens is 4. The highest BCUT2D eigenvalue weighted by Crippen LogP contribution is 2.33. The number of carbonyl (C=O) groups is 1. The van der Waals surface area contributed by atoms with Crippen molar-refractivity contribution in [3.63, 3.8) is 0 Å². The van der Waals surface area contributed by atoms with E-state index in [4.69, 9.17) is 9.72 Å². The van der Waals surface area contributed by atoms with Crippen LogP contribution in [0.15, 0.2) is 24.8 Å². The molecule has 29 heavy (non-hydrogen) atoms. The van der Waals surface area contributed by atoms with Crippen molar-refractivity contribution >= 4 is 11.9 Å². The van der Waals surface area contributed by atoms with Gasteiger partial charge in [-0.2, -0.15) is 0 Å². The quantitative estimate of drug-likeness (QED) is 0.783. The highest BCUT2D eigenvalue weighted by atomic mass is 16.5. The van der Waals surface area contributed by atoms with Crippen molar-refractivity contribution < 1.29 is 9.53 Å². The van der Waals surface area contributed by atoms with Crippen LogP contribution >= 0.6 is 0 Å². The molecule has 0 N–H and O–H groups in total. The molecule has 4 heterocycles. The zero-order valence-electron chi connectivity index (χ0n) is 17.1. The molecule has 2 aromatic rings. The molecule has 1 amide bonds. The molecular formula is C21H28N6O2. The molecule has 2 aliphatic rings. The second-order valence-electron chi connectivity index (χ2n) is 7.94. The van der Waals surface area contributed by atoms with Crippen LogP contribution in [0.4, 0.5) is 5.95 Å². The number of hydrogen-bond acceptors (Lipinski definition) is 7. The van der Waals surface area contributed by atoms with E-state index in [-0.39, 0.29) is 17.7 Å². The SMILES string of the molecule is CC(C)C(=O)N1CCC[C@@H](c2nc(N3CCOCC3)ncc2-c2cnccn2)C1. The van der Waals surface area contributed by atoms with Crippen molar-refractivity contribution in [3.8, 4) is 11.3 Å². The summed E-state index contributed by atoms with van der Waals surface area (Å²) in [6.45, 7) is 8.35. The number of anilines is 1. The Bertz CT molecular complexity index is 838. The largest absolute Gasteiger partial charge is 0.378 e. The van der Waals surface area contributed by atoms with Crippen molar-refractivity contribution in [3.05, 3.63) is 30.5 Å². The molecule has 1 atom stereocenters. The van der Waals surface area contributed by atoms with Gasteiger partial charge in [0.2, 0.25) is 11.9 Å². The monoisotopic (exact) mass is 396 g/mol. The fourth-order valence-electron chi connectivity index (χ4n) is 4.01.